The molecule has 0 aliphatic heterocycles. The zero-order valence-electron chi connectivity index (χ0n) is 18.2. The number of carbonyl (C=O) groups is 1. The van der Waals surface area contributed by atoms with Gasteiger partial charge in [0.2, 0.25) is 0 Å². The minimum absolute atomic E-state index is 0.212. The quantitative estimate of drug-likeness (QED) is 0.453. The molecule has 1 N–H and O–H groups in total. The van der Waals surface area contributed by atoms with Gasteiger partial charge >= 0.3 is 6.01 Å². The number of aromatic nitrogens is 3. The summed E-state index contributed by atoms with van der Waals surface area (Å²) in [4.78, 5) is 17.1. The van der Waals surface area contributed by atoms with Crippen LogP contribution in [0.4, 0.5) is 5.69 Å². The van der Waals surface area contributed by atoms with Crippen molar-refractivity contribution < 1.29 is 14.3 Å². The summed E-state index contributed by atoms with van der Waals surface area (Å²) in [6.07, 6.45) is 0. The number of rotatable bonds is 7. The summed E-state index contributed by atoms with van der Waals surface area (Å²) in [7, 11) is 1.57. The van der Waals surface area contributed by atoms with Crippen LogP contribution in [-0.4, -0.2) is 34.4 Å². The van der Waals surface area contributed by atoms with Gasteiger partial charge in [0.1, 0.15) is 5.75 Å². The lowest BCUT2D eigenvalue weighted by Crippen LogP contribution is -2.12. The van der Waals surface area contributed by atoms with Gasteiger partial charge in [0.05, 0.1) is 19.4 Å². The zero-order valence-corrected chi connectivity index (χ0v) is 18.2. The minimum Gasteiger partial charge on any atom is -0.497 e. The lowest BCUT2D eigenvalue weighted by molar-refractivity contribution is 0.102. The summed E-state index contributed by atoms with van der Waals surface area (Å²) in [5.41, 5.74) is 4.10. The van der Waals surface area contributed by atoms with E-state index in [2.05, 4.69) is 15.4 Å². The second kappa shape index (κ2) is 9.34. The Kier molecular flexibility index (Phi) is 6.17. The number of hydrogen-bond acceptors (Lipinski definition) is 5. The largest absolute Gasteiger partial charge is 0.497 e. The number of methoxy groups -OCH3 is 1. The molecule has 7 heteroatoms. The fourth-order valence-electron chi connectivity index (χ4n) is 3.21. The van der Waals surface area contributed by atoms with Gasteiger partial charge in [-0.15, -0.1) is 5.10 Å². The summed E-state index contributed by atoms with van der Waals surface area (Å²) in [5, 5.41) is 7.41. The summed E-state index contributed by atoms with van der Waals surface area (Å²) >= 11 is 0. The van der Waals surface area contributed by atoms with Crippen molar-refractivity contribution >= 4 is 11.6 Å². The molecule has 7 nitrogen and oxygen atoms in total. The minimum atomic E-state index is -0.212. The number of benzene rings is 3. The molecule has 162 valence electrons. The van der Waals surface area contributed by atoms with E-state index in [1.54, 1.807) is 36.1 Å². The number of carbonyl (C=O) groups excluding carboxylic acids is 1. The monoisotopic (exact) mass is 428 g/mol. The van der Waals surface area contributed by atoms with E-state index in [1.807, 2.05) is 62.4 Å². The fourth-order valence-corrected chi connectivity index (χ4v) is 3.21. The highest BCUT2D eigenvalue weighted by molar-refractivity contribution is 6.04. The van der Waals surface area contributed by atoms with Crippen LogP contribution in [0.2, 0.25) is 0 Å². The number of anilines is 1. The third-order valence-electron chi connectivity index (χ3n) is 4.87. The molecule has 0 fully saturated rings. The number of ether oxygens (including phenoxy) is 2. The molecule has 1 heterocycles. The maximum Gasteiger partial charge on any atom is 0.336 e. The molecule has 32 heavy (non-hydrogen) atoms. The van der Waals surface area contributed by atoms with E-state index in [9.17, 15) is 4.79 Å². The molecule has 4 aromatic rings. The van der Waals surface area contributed by atoms with Crippen LogP contribution in [0.5, 0.6) is 11.8 Å². The highest BCUT2D eigenvalue weighted by Gasteiger charge is 2.15. The average Bonchev–Trinajstić information content (AvgIpc) is 3.24. The summed E-state index contributed by atoms with van der Waals surface area (Å²) in [5.74, 6) is 1.10. The second-order valence-electron chi connectivity index (χ2n) is 7.16. The highest BCUT2D eigenvalue weighted by Crippen LogP contribution is 2.25. The third kappa shape index (κ3) is 4.62. The van der Waals surface area contributed by atoms with Crippen molar-refractivity contribution in [3.8, 4) is 28.8 Å². The zero-order chi connectivity index (χ0) is 22.5. The Morgan fingerprint density at radius 2 is 1.78 bits per heavy atom. The molecule has 3 aromatic carbocycles. The van der Waals surface area contributed by atoms with Crippen molar-refractivity contribution in [1.29, 1.82) is 0 Å². The predicted octanol–water partition coefficient (Wildman–Crippen LogP) is 4.90. The number of nitrogens with one attached hydrogen (secondary N) is 1. The molecular weight excluding hydrogens is 404 g/mol. The molecule has 0 saturated heterocycles. The second-order valence-corrected chi connectivity index (χ2v) is 7.16. The smallest absolute Gasteiger partial charge is 0.336 e. The van der Waals surface area contributed by atoms with Crippen LogP contribution in [0.1, 0.15) is 22.8 Å². The first-order valence-electron chi connectivity index (χ1n) is 10.3. The van der Waals surface area contributed by atoms with E-state index in [-0.39, 0.29) is 5.91 Å². The maximum atomic E-state index is 12.6. The van der Waals surface area contributed by atoms with Gasteiger partial charge in [-0.25, -0.2) is 4.68 Å². The number of amides is 1. The van der Waals surface area contributed by atoms with Gasteiger partial charge in [0, 0.05) is 16.8 Å². The number of aryl methyl sites for hydroxylation is 1. The first kappa shape index (κ1) is 21.1. The molecule has 0 aliphatic rings. The van der Waals surface area contributed by atoms with Crippen LogP contribution < -0.4 is 14.8 Å². The topological polar surface area (TPSA) is 78.3 Å². The van der Waals surface area contributed by atoms with Crippen LogP contribution in [0.3, 0.4) is 0 Å². The molecule has 0 atom stereocenters. The van der Waals surface area contributed by atoms with Gasteiger partial charge in [0.15, 0.2) is 5.82 Å². The summed E-state index contributed by atoms with van der Waals surface area (Å²) < 4.78 is 12.5. The average molecular weight is 428 g/mol. The van der Waals surface area contributed by atoms with Gasteiger partial charge in [0.25, 0.3) is 5.91 Å². The number of nitrogens with zero attached hydrogens (tertiary/aromatic N) is 3. The Balaban J connectivity index is 1.59. The van der Waals surface area contributed by atoms with Crippen molar-refractivity contribution in [3.63, 3.8) is 0 Å². The molecule has 0 radical (unpaired) electrons. The normalized spacial score (nSPS) is 10.6. The fraction of sp³-hybridized carbons (Fsp3) is 0.160. The van der Waals surface area contributed by atoms with E-state index in [4.69, 9.17) is 9.47 Å². The van der Waals surface area contributed by atoms with Gasteiger partial charge in [-0.05, 0) is 56.3 Å². The van der Waals surface area contributed by atoms with Crippen LogP contribution in [-0.2, 0) is 0 Å². The summed E-state index contributed by atoms with van der Waals surface area (Å²) in [6, 6.07) is 22.8. The standard InChI is InChI=1S/C25H24N4O3/c1-4-32-25-27-23(18-10-8-17(2)9-11-18)29(28-25)21-14-12-20(13-15-21)26-24(30)19-6-5-7-22(16-19)31-3/h5-16H,4H2,1-3H3,(H,26,30). The maximum absolute atomic E-state index is 12.6. The SMILES string of the molecule is CCOc1nc(-c2ccc(C)cc2)n(-c2ccc(NC(=O)c3cccc(OC)c3)cc2)n1. The van der Waals surface area contributed by atoms with Crippen molar-refractivity contribution in [3.05, 3.63) is 83.9 Å². The van der Waals surface area contributed by atoms with E-state index in [0.29, 0.717) is 35.4 Å². The molecule has 0 unspecified atom stereocenters. The number of hydrogen-bond donors (Lipinski definition) is 1. The predicted molar refractivity (Wildman–Crippen MR) is 124 cm³/mol. The van der Waals surface area contributed by atoms with Crippen molar-refractivity contribution in [2.75, 3.05) is 19.0 Å². The van der Waals surface area contributed by atoms with Crippen LogP contribution in [0.15, 0.2) is 72.8 Å². The molecule has 0 saturated carbocycles. The molecular formula is C25H24N4O3. The first-order valence-corrected chi connectivity index (χ1v) is 10.3. The van der Waals surface area contributed by atoms with Crippen LogP contribution in [0, 0.1) is 6.92 Å². The Morgan fingerprint density at radius 1 is 1.03 bits per heavy atom. The lowest BCUT2D eigenvalue weighted by atomic mass is 10.1. The third-order valence-corrected chi connectivity index (χ3v) is 4.87. The van der Waals surface area contributed by atoms with E-state index < -0.39 is 0 Å². The van der Waals surface area contributed by atoms with Crippen molar-refractivity contribution in [2.24, 2.45) is 0 Å². The van der Waals surface area contributed by atoms with Crippen LogP contribution >= 0.6 is 0 Å². The Hall–Kier alpha value is -4.13. The first-order chi connectivity index (χ1) is 15.6. The van der Waals surface area contributed by atoms with Gasteiger partial charge in [-0.1, -0.05) is 35.9 Å². The van der Waals surface area contributed by atoms with E-state index in [1.165, 1.54) is 5.56 Å². The Morgan fingerprint density at radius 3 is 2.47 bits per heavy atom. The Bertz CT molecular complexity index is 1210. The summed E-state index contributed by atoms with van der Waals surface area (Å²) in [6.45, 7) is 4.41. The van der Waals surface area contributed by atoms with Crippen molar-refractivity contribution in [1.82, 2.24) is 14.8 Å². The van der Waals surface area contributed by atoms with Gasteiger partial charge < -0.3 is 14.8 Å². The molecule has 0 bridgehead atoms. The van der Waals surface area contributed by atoms with E-state index >= 15 is 0 Å². The van der Waals surface area contributed by atoms with E-state index in [0.717, 1.165) is 11.3 Å². The van der Waals surface area contributed by atoms with Gasteiger partial charge in [-0.2, -0.15) is 4.98 Å². The molecule has 1 aromatic heterocycles. The lowest BCUT2D eigenvalue weighted by Gasteiger charge is -2.09. The van der Waals surface area contributed by atoms with Gasteiger partial charge in [-0.3, -0.25) is 4.79 Å². The Labute approximate surface area is 186 Å². The molecule has 1 amide bonds. The molecule has 0 aliphatic carbocycles. The molecule has 4 rings (SSSR count). The highest BCUT2D eigenvalue weighted by atomic mass is 16.5. The molecule has 0 spiro atoms. The van der Waals surface area contributed by atoms with Crippen LogP contribution in [0.25, 0.3) is 17.1 Å². The van der Waals surface area contributed by atoms with Crippen molar-refractivity contribution in [2.45, 2.75) is 13.8 Å².